The molecule has 2 rings (SSSR count). The maximum absolute atomic E-state index is 12.2. The molecular weight excluding hydrogens is 346 g/mol. The highest BCUT2D eigenvalue weighted by Crippen LogP contribution is 2.35. The van der Waals surface area contributed by atoms with Crippen molar-refractivity contribution in [3.63, 3.8) is 0 Å². The number of methoxy groups -OCH3 is 2. The van der Waals surface area contributed by atoms with Gasteiger partial charge in [-0.25, -0.2) is 4.98 Å². The quantitative estimate of drug-likeness (QED) is 0.820. The first kappa shape index (κ1) is 18.8. The first-order valence-electron chi connectivity index (χ1n) is 7.63. The smallest absolute Gasteiger partial charge is 0.254 e. The number of carbonyl (C=O) groups is 1. The Hall–Kier alpha value is -2.54. The molecule has 25 heavy (non-hydrogen) atoms. The number of H-pyrrole nitrogens is 1. The summed E-state index contributed by atoms with van der Waals surface area (Å²) in [6.07, 6.45) is 0.411. The summed E-state index contributed by atoms with van der Waals surface area (Å²) >= 11 is 6.09. The summed E-state index contributed by atoms with van der Waals surface area (Å²) < 4.78 is 10.4. The second kappa shape index (κ2) is 8.02. The summed E-state index contributed by atoms with van der Waals surface area (Å²) in [5.41, 5.74) is 1.34. The lowest BCUT2D eigenvalue weighted by molar-refractivity contribution is -0.116. The van der Waals surface area contributed by atoms with Gasteiger partial charge in [0, 0.05) is 23.7 Å². The first-order chi connectivity index (χ1) is 11.8. The fraction of sp³-hybridized carbons (Fsp3) is 0.353. The highest BCUT2D eigenvalue weighted by atomic mass is 35.5. The summed E-state index contributed by atoms with van der Waals surface area (Å²) in [6.45, 7) is 3.46. The largest absolute Gasteiger partial charge is 0.495 e. The number of nitrogens with one attached hydrogen (secondary N) is 2. The lowest BCUT2D eigenvalue weighted by atomic mass is 10.1. The average Bonchev–Trinajstić information content (AvgIpc) is 2.54. The molecule has 0 fully saturated rings. The molecule has 0 spiro atoms. The number of amides is 1. The Morgan fingerprint density at radius 1 is 1.24 bits per heavy atom. The molecule has 134 valence electrons. The van der Waals surface area contributed by atoms with E-state index in [1.165, 1.54) is 14.2 Å². The van der Waals surface area contributed by atoms with Crippen LogP contribution in [0.4, 0.5) is 5.69 Å². The van der Waals surface area contributed by atoms with Crippen molar-refractivity contribution >= 4 is 23.2 Å². The Balaban J connectivity index is 2.11. The highest BCUT2D eigenvalue weighted by molar-refractivity contribution is 6.32. The highest BCUT2D eigenvalue weighted by Gasteiger charge is 2.14. The predicted octanol–water partition coefficient (Wildman–Crippen LogP) is 2.63. The van der Waals surface area contributed by atoms with Crippen molar-refractivity contribution in [2.75, 3.05) is 19.5 Å². The molecule has 0 aliphatic heterocycles. The van der Waals surface area contributed by atoms with Crippen molar-refractivity contribution in [2.45, 2.75) is 26.7 Å². The van der Waals surface area contributed by atoms with E-state index in [1.54, 1.807) is 26.0 Å². The van der Waals surface area contributed by atoms with Gasteiger partial charge < -0.3 is 19.8 Å². The number of benzene rings is 1. The molecule has 8 heteroatoms. The standard InChI is InChI=1S/C17H20ClN3O4/c1-9-11(17(23)20-10(2)19-9)5-6-16(22)21-13-7-12(18)14(24-3)8-15(13)25-4/h7-8H,5-6H2,1-4H3,(H,21,22)(H,19,20,23). The van der Waals surface area contributed by atoms with E-state index in [2.05, 4.69) is 15.3 Å². The average molecular weight is 366 g/mol. The van der Waals surface area contributed by atoms with Crippen molar-refractivity contribution in [2.24, 2.45) is 0 Å². The summed E-state index contributed by atoms with van der Waals surface area (Å²) in [5, 5.41) is 3.09. The van der Waals surface area contributed by atoms with Crippen LogP contribution >= 0.6 is 11.6 Å². The summed E-state index contributed by atoms with van der Waals surface area (Å²) in [6, 6.07) is 3.15. The molecule has 0 saturated heterocycles. The number of aryl methyl sites for hydroxylation is 2. The molecule has 1 aromatic heterocycles. The summed E-state index contributed by atoms with van der Waals surface area (Å²) in [7, 11) is 2.98. The van der Waals surface area contributed by atoms with E-state index in [0.717, 1.165) is 0 Å². The maximum Gasteiger partial charge on any atom is 0.254 e. The Bertz CT molecular complexity index is 849. The van der Waals surface area contributed by atoms with E-state index >= 15 is 0 Å². The van der Waals surface area contributed by atoms with E-state index in [4.69, 9.17) is 21.1 Å². The molecule has 2 N–H and O–H groups in total. The number of ether oxygens (including phenoxy) is 2. The zero-order valence-electron chi connectivity index (χ0n) is 14.5. The Morgan fingerprint density at radius 3 is 2.52 bits per heavy atom. The fourth-order valence-corrected chi connectivity index (χ4v) is 2.70. The van der Waals surface area contributed by atoms with Gasteiger partial charge in [0.2, 0.25) is 5.91 Å². The lowest BCUT2D eigenvalue weighted by Gasteiger charge is -2.13. The third-order valence-corrected chi connectivity index (χ3v) is 3.99. The van der Waals surface area contributed by atoms with Crippen LogP contribution in [-0.2, 0) is 11.2 Å². The predicted molar refractivity (Wildman–Crippen MR) is 95.8 cm³/mol. The van der Waals surface area contributed by atoms with Gasteiger partial charge in [-0.15, -0.1) is 0 Å². The molecule has 1 aromatic carbocycles. The molecule has 7 nitrogen and oxygen atoms in total. The van der Waals surface area contributed by atoms with E-state index in [1.807, 2.05) is 0 Å². The van der Waals surface area contributed by atoms with E-state index in [-0.39, 0.29) is 24.3 Å². The maximum atomic E-state index is 12.2. The summed E-state index contributed by atoms with van der Waals surface area (Å²) in [4.78, 5) is 31.1. The van der Waals surface area contributed by atoms with Gasteiger partial charge in [-0.3, -0.25) is 9.59 Å². The van der Waals surface area contributed by atoms with Gasteiger partial charge in [0.15, 0.2) is 0 Å². The minimum atomic E-state index is -0.265. The molecule has 1 amide bonds. The second-order valence-corrected chi connectivity index (χ2v) is 5.86. The van der Waals surface area contributed by atoms with Crippen LogP contribution in [0.5, 0.6) is 11.5 Å². The molecule has 0 bridgehead atoms. The van der Waals surface area contributed by atoms with Gasteiger partial charge in [0.1, 0.15) is 17.3 Å². The molecule has 0 aliphatic carbocycles. The number of carbonyl (C=O) groups excluding carboxylic acids is 1. The van der Waals surface area contributed by atoms with Crippen LogP contribution in [0, 0.1) is 13.8 Å². The van der Waals surface area contributed by atoms with E-state index in [0.29, 0.717) is 39.3 Å². The van der Waals surface area contributed by atoms with E-state index < -0.39 is 0 Å². The van der Waals surface area contributed by atoms with Gasteiger partial charge in [0.05, 0.1) is 24.9 Å². The van der Waals surface area contributed by atoms with Crippen LogP contribution in [0.15, 0.2) is 16.9 Å². The zero-order valence-corrected chi connectivity index (χ0v) is 15.3. The molecule has 0 aliphatic rings. The second-order valence-electron chi connectivity index (χ2n) is 5.45. The third kappa shape index (κ3) is 4.51. The van der Waals surface area contributed by atoms with Crippen LogP contribution in [-0.4, -0.2) is 30.1 Å². The van der Waals surface area contributed by atoms with Crippen LogP contribution < -0.4 is 20.3 Å². The molecule has 0 saturated carbocycles. The van der Waals surface area contributed by atoms with Crippen molar-refractivity contribution in [3.8, 4) is 11.5 Å². The molecule has 2 aromatic rings. The third-order valence-electron chi connectivity index (χ3n) is 3.69. The zero-order chi connectivity index (χ0) is 18.6. The number of aromatic amines is 1. The minimum Gasteiger partial charge on any atom is -0.495 e. The van der Waals surface area contributed by atoms with Crippen molar-refractivity contribution in [1.82, 2.24) is 9.97 Å². The Kier molecular flexibility index (Phi) is 6.03. The number of nitrogens with zero attached hydrogens (tertiary/aromatic N) is 1. The number of halogens is 1. The number of hydrogen-bond donors (Lipinski definition) is 2. The van der Waals surface area contributed by atoms with Crippen molar-refractivity contribution in [1.29, 1.82) is 0 Å². The minimum absolute atomic E-state index is 0.126. The molecule has 1 heterocycles. The Morgan fingerprint density at radius 2 is 1.92 bits per heavy atom. The van der Waals surface area contributed by atoms with Crippen molar-refractivity contribution < 1.29 is 14.3 Å². The van der Waals surface area contributed by atoms with Gasteiger partial charge in [-0.2, -0.15) is 0 Å². The van der Waals surface area contributed by atoms with Gasteiger partial charge >= 0.3 is 0 Å². The number of aromatic nitrogens is 2. The summed E-state index contributed by atoms with van der Waals surface area (Å²) in [5.74, 6) is 1.16. The van der Waals surface area contributed by atoms with E-state index in [9.17, 15) is 9.59 Å². The topological polar surface area (TPSA) is 93.3 Å². The van der Waals surface area contributed by atoms with Gasteiger partial charge in [-0.1, -0.05) is 11.6 Å². The Labute approximate surface area is 150 Å². The number of hydrogen-bond acceptors (Lipinski definition) is 5. The number of anilines is 1. The first-order valence-corrected chi connectivity index (χ1v) is 8.01. The molecule has 0 unspecified atom stereocenters. The lowest BCUT2D eigenvalue weighted by Crippen LogP contribution is -2.20. The monoisotopic (exact) mass is 365 g/mol. The van der Waals surface area contributed by atoms with Crippen LogP contribution in [0.3, 0.4) is 0 Å². The van der Waals surface area contributed by atoms with Gasteiger partial charge in [-0.05, 0) is 26.3 Å². The normalized spacial score (nSPS) is 10.4. The van der Waals surface area contributed by atoms with Crippen molar-refractivity contribution in [3.05, 3.63) is 44.6 Å². The van der Waals surface area contributed by atoms with Gasteiger partial charge in [0.25, 0.3) is 5.56 Å². The van der Waals surface area contributed by atoms with Crippen LogP contribution in [0.25, 0.3) is 0 Å². The number of rotatable bonds is 6. The fourth-order valence-electron chi connectivity index (χ4n) is 2.45. The molecular formula is C17H20ClN3O4. The molecule has 0 atom stereocenters. The van der Waals surface area contributed by atoms with Crippen LogP contribution in [0.1, 0.15) is 23.5 Å². The molecule has 0 radical (unpaired) electrons. The van der Waals surface area contributed by atoms with Crippen LogP contribution in [0.2, 0.25) is 5.02 Å². The SMILES string of the molecule is COc1cc(OC)c(NC(=O)CCc2c(C)nc(C)[nH]c2=O)cc1Cl.